The number of anilines is 1. The number of aromatic nitrogens is 2. The molecule has 4 N–H and O–H groups in total. The van der Waals surface area contributed by atoms with Crippen LogP contribution in [0.25, 0.3) is 0 Å². The molecule has 0 spiro atoms. The summed E-state index contributed by atoms with van der Waals surface area (Å²) in [6, 6.07) is 6.64. The van der Waals surface area contributed by atoms with E-state index in [9.17, 15) is 14.7 Å². The van der Waals surface area contributed by atoms with Crippen molar-refractivity contribution < 1.29 is 19.8 Å². The average molecular weight is 288 g/mol. The van der Waals surface area contributed by atoms with Crippen molar-refractivity contribution in [3.05, 3.63) is 47.8 Å². The quantitative estimate of drug-likeness (QED) is 0.670. The molecule has 2 rings (SSSR count). The molecule has 21 heavy (non-hydrogen) atoms. The molecule has 0 unspecified atom stereocenters. The number of hydrogen-bond acceptors (Lipinski definition) is 5. The normalized spacial score (nSPS) is 9.90. The minimum atomic E-state index is -1.24. The summed E-state index contributed by atoms with van der Waals surface area (Å²) >= 11 is 0. The number of amides is 2. The largest absolute Gasteiger partial charge is 0.507 e. The maximum Gasteiger partial charge on any atom is 0.339 e. The van der Waals surface area contributed by atoms with Crippen molar-refractivity contribution in [3.8, 4) is 5.75 Å². The van der Waals surface area contributed by atoms with Crippen LogP contribution < -0.4 is 10.6 Å². The molecule has 2 amide bonds. The van der Waals surface area contributed by atoms with Crippen molar-refractivity contribution >= 4 is 17.7 Å². The number of carbonyl (C=O) groups is 2. The summed E-state index contributed by atoms with van der Waals surface area (Å²) in [5.74, 6) is -1.67. The molecule has 0 fully saturated rings. The van der Waals surface area contributed by atoms with E-state index in [-0.39, 0.29) is 17.8 Å². The van der Waals surface area contributed by atoms with Crippen molar-refractivity contribution in [2.75, 3.05) is 5.32 Å². The SMILES string of the molecule is O=C(NCc1cccnn1)Nc1ccc(C(=O)O)c(O)c1. The summed E-state index contributed by atoms with van der Waals surface area (Å²) in [5, 5.41) is 30.8. The molecule has 8 nitrogen and oxygen atoms in total. The molecular formula is C13H12N4O4. The number of carboxylic acid groups (broad SMARTS) is 1. The van der Waals surface area contributed by atoms with E-state index in [0.29, 0.717) is 5.69 Å². The Morgan fingerprint density at radius 1 is 1.24 bits per heavy atom. The van der Waals surface area contributed by atoms with Crippen molar-refractivity contribution in [3.63, 3.8) is 0 Å². The van der Waals surface area contributed by atoms with Gasteiger partial charge in [-0.2, -0.15) is 10.2 Å². The molecule has 8 heteroatoms. The van der Waals surface area contributed by atoms with Crippen LogP contribution in [0.4, 0.5) is 10.5 Å². The van der Waals surface area contributed by atoms with Crippen molar-refractivity contribution in [2.45, 2.75) is 6.54 Å². The first-order chi connectivity index (χ1) is 10.1. The molecule has 1 aromatic carbocycles. The second-order valence-electron chi connectivity index (χ2n) is 4.06. The van der Waals surface area contributed by atoms with Crippen LogP contribution in [0.3, 0.4) is 0 Å². The van der Waals surface area contributed by atoms with Gasteiger partial charge in [-0.3, -0.25) is 0 Å². The molecule has 0 radical (unpaired) electrons. The average Bonchev–Trinajstić information content (AvgIpc) is 2.46. The Labute approximate surface area is 119 Å². The monoisotopic (exact) mass is 288 g/mol. The highest BCUT2D eigenvalue weighted by Crippen LogP contribution is 2.21. The minimum absolute atomic E-state index is 0.193. The van der Waals surface area contributed by atoms with E-state index in [1.165, 1.54) is 18.3 Å². The van der Waals surface area contributed by atoms with Crippen molar-refractivity contribution in [1.29, 1.82) is 0 Å². The fourth-order valence-corrected chi connectivity index (χ4v) is 1.56. The summed E-state index contributed by atoms with van der Waals surface area (Å²) in [7, 11) is 0. The highest BCUT2D eigenvalue weighted by Gasteiger charge is 2.10. The van der Waals surface area contributed by atoms with Gasteiger partial charge in [-0.05, 0) is 24.3 Å². The van der Waals surface area contributed by atoms with Crippen LogP contribution in [-0.4, -0.2) is 32.4 Å². The Hall–Kier alpha value is -3.16. The highest BCUT2D eigenvalue weighted by atomic mass is 16.4. The van der Waals surface area contributed by atoms with Gasteiger partial charge in [0.2, 0.25) is 0 Å². The summed E-state index contributed by atoms with van der Waals surface area (Å²) in [5.41, 5.74) is 0.631. The molecular weight excluding hydrogens is 276 g/mol. The molecule has 108 valence electrons. The Morgan fingerprint density at radius 2 is 2.05 bits per heavy atom. The zero-order chi connectivity index (χ0) is 15.2. The number of nitrogens with zero attached hydrogens (tertiary/aromatic N) is 2. The third-order valence-corrected chi connectivity index (χ3v) is 2.54. The van der Waals surface area contributed by atoms with Gasteiger partial charge in [0, 0.05) is 18.0 Å². The van der Waals surface area contributed by atoms with Gasteiger partial charge in [0.1, 0.15) is 11.3 Å². The lowest BCUT2D eigenvalue weighted by atomic mass is 10.2. The first kappa shape index (κ1) is 14.3. The van der Waals surface area contributed by atoms with Crippen LogP contribution in [-0.2, 0) is 6.54 Å². The molecule has 0 saturated carbocycles. The fourth-order valence-electron chi connectivity index (χ4n) is 1.56. The zero-order valence-corrected chi connectivity index (χ0v) is 10.8. The molecule has 0 atom stereocenters. The number of rotatable bonds is 4. The predicted octanol–water partition coefficient (Wildman–Crippen LogP) is 1.20. The fraction of sp³-hybridized carbons (Fsp3) is 0.0769. The van der Waals surface area contributed by atoms with Crippen LogP contribution in [0.2, 0.25) is 0 Å². The number of phenols is 1. The van der Waals surface area contributed by atoms with E-state index in [2.05, 4.69) is 20.8 Å². The second kappa shape index (κ2) is 6.33. The Bertz CT molecular complexity index is 660. The number of hydrogen-bond donors (Lipinski definition) is 4. The lowest BCUT2D eigenvalue weighted by Gasteiger charge is -2.08. The summed E-state index contributed by atoms with van der Waals surface area (Å²) in [6.07, 6.45) is 1.52. The third-order valence-electron chi connectivity index (χ3n) is 2.54. The van der Waals surface area contributed by atoms with Crippen LogP contribution in [0, 0.1) is 0 Å². The topological polar surface area (TPSA) is 124 Å². The number of carboxylic acids is 1. The van der Waals surface area contributed by atoms with Gasteiger partial charge in [0.25, 0.3) is 0 Å². The molecule has 0 saturated heterocycles. The van der Waals surface area contributed by atoms with E-state index in [1.54, 1.807) is 12.1 Å². The number of aromatic hydroxyl groups is 1. The van der Waals surface area contributed by atoms with Gasteiger partial charge >= 0.3 is 12.0 Å². The standard InChI is InChI=1S/C13H12N4O4/c18-11-6-8(3-4-10(11)12(19)20)16-13(21)14-7-9-2-1-5-15-17-9/h1-6,18H,7H2,(H,19,20)(H2,14,16,21). The van der Waals surface area contributed by atoms with Crippen molar-refractivity contribution in [1.82, 2.24) is 15.5 Å². The van der Waals surface area contributed by atoms with Gasteiger partial charge < -0.3 is 20.8 Å². The van der Waals surface area contributed by atoms with Gasteiger partial charge in [0.05, 0.1) is 12.2 Å². The number of urea groups is 1. The Kier molecular flexibility index (Phi) is 4.30. The van der Waals surface area contributed by atoms with E-state index >= 15 is 0 Å². The highest BCUT2D eigenvalue weighted by molar-refractivity contribution is 5.93. The van der Waals surface area contributed by atoms with Crippen LogP contribution in [0.15, 0.2) is 36.5 Å². The number of benzene rings is 1. The maximum absolute atomic E-state index is 11.6. The first-order valence-corrected chi connectivity index (χ1v) is 5.94. The molecule has 2 aromatic rings. The maximum atomic E-state index is 11.6. The molecule has 1 aromatic heterocycles. The third kappa shape index (κ3) is 3.90. The number of nitrogens with one attached hydrogen (secondary N) is 2. The van der Waals surface area contributed by atoms with Crippen molar-refractivity contribution in [2.24, 2.45) is 0 Å². The summed E-state index contributed by atoms with van der Waals surface area (Å²) in [4.78, 5) is 22.4. The molecule has 1 heterocycles. The van der Waals surface area contributed by atoms with Crippen LogP contribution in [0.5, 0.6) is 5.75 Å². The van der Waals surface area contributed by atoms with Gasteiger partial charge in [-0.15, -0.1) is 0 Å². The van der Waals surface area contributed by atoms with Gasteiger partial charge in [-0.25, -0.2) is 9.59 Å². The summed E-state index contributed by atoms with van der Waals surface area (Å²) < 4.78 is 0. The molecule has 0 bridgehead atoms. The minimum Gasteiger partial charge on any atom is -0.507 e. The lowest BCUT2D eigenvalue weighted by molar-refractivity contribution is 0.0694. The van der Waals surface area contributed by atoms with E-state index in [4.69, 9.17) is 5.11 Å². The van der Waals surface area contributed by atoms with Gasteiger partial charge in [-0.1, -0.05) is 0 Å². The first-order valence-electron chi connectivity index (χ1n) is 5.94. The van der Waals surface area contributed by atoms with E-state index in [0.717, 1.165) is 6.07 Å². The van der Waals surface area contributed by atoms with Gasteiger partial charge in [0.15, 0.2) is 0 Å². The predicted molar refractivity (Wildman–Crippen MR) is 73.0 cm³/mol. The summed E-state index contributed by atoms with van der Waals surface area (Å²) in [6.45, 7) is 0.193. The van der Waals surface area contributed by atoms with Crippen LogP contribution >= 0.6 is 0 Å². The lowest BCUT2D eigenvalue weighted by Crippen LogP contribution is -2.28. The molecule has 0 aliphatic heterocycles. The molecule has 0 aliphatic rings. The van der Waals surface area contributed by atoms with Crippen LogP contribution in [0.1, 0.15) is 16.1 Å². The van der Waals surface area contributed by atoms with E-state index in [1.807, 2.05) is 0 Å². The van der Waals surface area contributed by atoms with E-state index < -0.39 is 17.7 Å². The second-order valence-corrected chi connectivity index (χ2v) is 4.06. The number of carbonyl (C=O) groups excluding carboxylic acids is 1. The smallest absolute Gasteiger partial charge is 0.339 e. The molecule has 0 aliphatic carbocycles. The zero-order valence-electron chi connectivity index (χ0n) is 10.8. The number of aromatic carboxylic acids is 1. The Balaban J connectivity index is 1.94. The Morgan fingerprint density at radius 3 is 2.67 bits per heavy atom.